The Morgan fingerprint density at radius 3 is 2.45 bits per heavy atom. The highest BCUT2D eigenvalue weighted by atomic mass is 19.1. The number of aliphatic hydroxyl groups is 1. The van der Waals surface area contributed by atoms with E-state index in [4.69, 9.17) is 15.3 Å². The van der Waals surface area contributed by atoms with E-state index in [0.717, 1.165) is 25.5 Å². The van der Waals surface area contributed by atoms with Crippen molar-refractivity contribution in [2.24, 2.45) is 0 Å². The van der Waals surface area contributed by atoms with E-state index < -0.39 is 24.5 Å². The van der Waals surface area contributed by atoms with Gasteiger partial charge in [-0.15, -0.1) is 0 Å². The third kappa shape index (κ3) is 5.74. The minimum absolute atomic E-state index is 0.00398. The number of rotatable bonds is 4. The van der Waals surface area contributed by atoms with Gasteiger partial charge in [-0.2, -0.15) is 0 Å². The fraction of sp³-hybridized carbons (Fsp3) is 0.429. The first-order chi connectivity index (χ1) is 10.3. The van der Waals surface area contributed by atoms with Crippen molar-refractivity contribution in [2.75, 3.05) is 6.54 Å². The summed E-state index contributed by atoms with van der Waals surface area (Å²) in [7, 11) is 0. The molecule has 1 aromatic carbocycles. The predicted molar refractivity (Wildman–Crippen MR) is 72.2 cm³/mol. The van der Waals surface area contributed by atoms with Gasteiger partial charge in [0.2, 0.25) is 0 Å². The summed E-state index contributed by atoms with van der Waals surface area (Å²) in [6.45, 7) is 0.890. The zero-order chi connectivity index (χ0) is 16.7. The Kier molecular flexibility index (Phi) is 6.87. The topological polar surface area (TPSA) is 107 Å². The SMILES string of the molecule is Fc1ccc(F)c([C@H]2CCCN2)c1.O=C(O)C[C@@H](O)C(=O)O. The van der Waals surface area contributed by atoms with Gasteiger partial charge in [-0.1, -0.05) is 0 Å². The van der Waals surface area contributed by atoms with Gasteiger partial charge in [0, 0.05) is 11.6 Å². The van der Waals surface area contributed by atoms with Crippen LogP contribution in [0.1, 0.15) is 30.9 Å². The first-order valence-electron chi connectivity index (χ1n) is 6.62. The quantitative estimate of drug-likeness (QED) is 0.667. The number of halogens is 2. The Labute approximate surface area is 125 Å². The molecule has 0 radical (unpaired) electrons. The molecule has 0 aliphatic carbocycles. The average molecular weight is 317 g/mol. The molecule has 0 amide bonds. The minimum Gasteiger partial charge on any atom is -0.481 e. The van der Waals surface area contributed by atoms with Gasteiger partial charge >= 0.3 is 11.9 Å². The molecule has 1 saturated heterocycles. The summed E-state index contributed by atoms with van der Waals surface area (Å²) in [6.07, 6.45) is -0.626. The molecule has 6 nitrogen and oxygen atoms in total. The molecular formula is C14H17F2NO5. The maximum absolute atomic E-state index is 13.2. The lowest BCUT2D eigenvalue weighted by Gasteiger charge is -2.11. The lowest BCUT2D eigenvalue weighted by Crippen LogP contribution is -2.22. The Morgan fingerprint density at radius 2 is 2.00 bits per heavy atom. The number of hydrogen-bond acceptors (Lipinski definition) is 4. The summed E-state index contributed by atoms with van der Waals surface area (Å²) >= 11 is 0. The van der Waals surface area contributed by atoms with E-state index in [1.165, 1.54) is 12.1 Å². The molecule has 4 N–H and O–H groups in total. The van der Waals surface area contributed by atoms with Crippen molar-refractivity contribution in [1.82, 2.24) is 5.32 Å². The van der Waals surface area contributed by atoms with Gasteiger partial charge in [0.15, 0.2) is 6.10 Å². The number of carboxylic acid groups (broad SMARTS) is 2. The number of hydrogen-bond donors (Lipinski definition) is 4. The van der Waals surface area contributed by atoms with E-state index in [0.29, 0.717) is 5.56 Å². The summed E-state index contributed by atoms with van der Waals surface area (Å²) in [5, 5.41) is 27.3. The number of carbonyl (C=O) groups is 2. The van der Waals surface area contributed by atoms with Crippen molar-refractivity contribution in [1.29, 1.82) is 0 Å². The second-order valence-corrected chi connectivity index (χ2v) is 4.77. The summed E-state index contributed by atoms with van der Waals surface area (Å²) < 4.78 is 26.0. The Hall–Kier alpha value is -2.06. The standard InChI is InChI=1S/C10H11F2N.C4H6O5/c11-7-3-4-9(12)8(6-7)10-2-1-5-13-10;5-2(4(8)9)1-3(6)7/h3-4,6,10,13H,1-2,5H2;2,5H,1H2,(H,6,7)(H,8,9)/t10-;2-/m11/s1. The van der Waals surface area contributed by atoms with Crippen LogP contribution in [0.2, 0.25) is 0 Å². The summed E-state index contributed by atoms with van der Waals surface area (Å²) in [5.74, 6) is -3.53. The molecule has 0 spiro atoms. The number of benzene rings is 1. The third-order valence-corrected chi connectivity index (χ3v) is 3.05. The van der Waals surface area contributed by atoms with Crippen LogP contribution in [0.4, 0.5) is 8.78 Å². The lowest BCUT2D eigenvalue weighted by atomic mass is 10.0. The Bertz CT molecular complexity index is 532. The number of nitrogens with one attached hydrogen (secondary N) is 1. The molecular weight excluding hydrogens is 300 g/mol. The molecule has 2 atom stereocenters. The molecule has 1 aliphatic heterocycles. The molecule has 1 heterocycles. The average Bonchev–Trinajstić information content (AvgIpc) is 2.95. The molecule has 0 bridgehead atoms. The van der Waals surface area contributed by atoms with Crippen LogP contribution in [0.15, 0.2) is 18.2 Å². The van der Waals surface area contributed by atoms with Crippen molar-refractivity contribution in [3.63, 3.8) is 0 Å². The molecule has 0 saturated carbocycles. The smallest absolute Gasteiger partial charge is 0.333 e. The van der Waals surface area contributed by atoms with E-state index in [1.807, 2.05) is 0 Å². The molecule has 1 fully saturated rings. The first kappa shape index (κ1) is 18.0. The van der Waals surface area contributed by atoms with Crippen molar-refractivity contribution in [3.8, 4) is 0 Å². The molecule has 2 rings (SSSR count). The van der Waals surface area contributed by atoms with Gasteiger partial charge in [0.05, 0.1) is 6.42 Å². The van der Waals surface area contributed by atoms with Crippen LogP contribution in [0, 0.1) is 11.6 Å². The van der Waals surface area contributed by atoms with Crippen molar-refractivity contribution in [3.05, 3.63) is 35.4 Å². The molecule has 1 aliphatic rings. The number of aliphatic carboxylic acids is 2. The zero-order valence-corrected chi connectivity index (χ0v) is 11.6. The third-order valence-electron chi connectivity index (χ3n) is 3.05. The maximum atomic E-state index is 13.2. The summed E-state index contributed by atoms with van der Waals surface area (Å²) in [5.41, 5.74) is 0.456. The van der Waals surface area contributed by atoms with Crippen LogP contribution in [0.5, 0.6) is 0 Å². The van der Waals surface area contributed by atoms with Crippen molar-refractivity contribution >= 4 is 11.9 Å². The maximum Gasteiger partial charge on any atom is 0.333 e. The van der Waals surface area contributed by atoms with Gasteiger partial charge in [0.25, 0.3) is 0 Å². The largest absolute Gasteiger partial charge is 0.481 e. The van der Waals surface area contributed by atoms with E-state index in [1.54, 1.807) is 0 Å². The molecule has 0 unspecified atom stereocenters. The van der Waals surface area contributed by atoms with Crippen LogP contribution < -0.4 is 5.32 Å². The molecule has 8 heteroatoms. The van der Waals surface area contributed by atoms with Crippen molar-refractivity contribution < 1.29 is 33.7 Å². The van der Waals surface area contributed by atoms with E-state index in [9.17, 15) is 18.4 Å². The van der Waals surface area contributed by atoms with Crippen LogP contribution in [-0.4, -0.2) is 39.9 Å². The van der Waals surface area contributed by atoms with Crippen LogP contribution in [0.25, 0.3) is 0 Å². The fourth-order valence-corrected chi connectivity index (χ4v) is 1.98. The van der Waals surface area contributed by atoms with Gasteiger partial charge in [-0.05, 0) is 37.6 Å². The van der Waals surface area contributed by atoms with E-state index >= 15 is 0 Å². The highest BCUT2D eigenvalue weighted by Crippen LogP contribution is 2.25. The van der Waals surface area contributed by atoms with E-state index in [-0.39, 0.29) is 17.7 Å². The van der Waals surface area contributed by atoms with Gasteiger partial charge in [-0.3, -0.25) is 4.79 Å². The molecule has 22 heavy (non-hydrogen) atoms. The minimum atomic E-state index is -1.79. The predicted octanol–water partition coefficient (Wildman–Crippen LogP) is 1.30. The van der Waals surface area contributed by atoms with Gasteiger partial charge in [0.1, 0.15) is 11.6 Å². The Morgan fingerprint density at radius 1 is 1.32 bits per heavy atom. The van der Waals surface area contributed by atoms with Gasteiger partial charge < -0.3 is 20.6 Å². The fourth-order valence-electron chi connectivity index (χ4n) is 1.98. The number of aliphatic hydroxyl groups excluding tert-OH is 1. The highest BCUT2D eigenvalue weighted by Gasteiger charge is 2.19. The summed E-state index contributed by atoms with van der Waals surface area (Å²) in [6, 6.07) is 3.60. The second-order valence-electron chi connectivity index (χ2n) is 4.77. The van der Waals surface area contributed by atoms with Gasteiger partial charge in [-0.25, -0.2) is 13.6 Å². The Balaban J connectivity index is 0.000000239. The molecule has 1 aromatic rings. The second kappa shape index (κ2) is 8.40. The van der Waals surface area contributed by atoms with Crippen LogP contribution in [0.3, 0.4) is 0 Å². The van der Waals surface area contributed by atoms with Crippen LogP contribution in [-0.2, 0) is 9.59 Å². The normalized spacial score (nSPS) is 18.2. The zero-order valence-electron chi connectivity index (χ0n) is 11.6. The summed E-state index contributed by atoms with van der Waals surface area (Å²) in [4.78, 5) is 19.4. The highest BCUT2D eigenvalue weighted by molar-refractivity contribution is 5.79. The van der Waals surface area contributed by atoms with E-state index in [2.05, 4.69) is 5.32 Å². The molecule has 122 valence electrons. The monoisotopic (exact) mass is 317 g/mol. The number of carboxylic acids is 2. The first-order valence-corrected chi connectivity index (χ1v) is 6.62. The van der Waals surface area contributed by atoms with Crippen LogP contribution >= 0.6 is 0 Å². The molecule has 0 aromatic heterocycles. The van der Waals surface area contributed by atoms with Crippen molar-refractivity contribution in [2.45, 2.75) is 31.4 Å². The lowest BCUT2D eigenvalue weighted by molar-refractivity contribution is -0.152.